The van der Waals surface area contributed by atoms with Crippen molar-refractivity contribution in [1.29, 1.82) is 0 Å². The normalized spacial score (nSPS) is 13.1. The molecule has 0 saturated carbocycles. The summed E-state index contributed by atoms with van der Waals surface area (Å²) >= 11 is 0. The van der Waals surface area contributed by atoms with Gasteiger partial charge in [-0.05, 0) is 41.8 Å². The van der Waals surface area contributed by atoms with Gasteiger partial charge in [0.1, 0.15) is 24.2 Å². The van der Waals surface area contributed by atoms with Gasteiger partial charge in [-0.1, -0.05) is 54.6 Å². The van der Waals surface area contributed by atoms with Gasteiger partial charge in [0.15, 0.2) is 0 Å². The Morgan fingerprint density at radius 2 is 1.32 bits per heavy atom. The van der Waals surface area contributed by atoms with Crippen molar-refractivity contribution in [2.75, 3.05) is 6.61 Å². The summed E-state index contributed by atoms with van der Waals surface area (Å²) in [6.07, 6.45) is -12.0. The number of carboxylic acids is 1. The molecule has 0 spiro atoms. The third-order valence-corrected chi connectivity index (χ3v) is 5.69. The molecule has 0 saturated heterocycles. The fourth-order valence-corrected chi connectivity index (χ4v) is 3.66. The van der Waals surface area contributed by atoms with Gasteiger partial charge in [0, 0.05) is 18.4 Å². The van der Waals surface area contributed by atoms with Crippen LogP contribution < -0.4 is 9.47 Å². The maximum absolute atomic E-state index is 13.2. The maximum atomic E-state index is 13.2. The number of carboxylic acid groups (broad SMARTS) is 1. The van der Waals surface area contributed by atoms with E-state index in [-0.39, 0.29) is 18.8 Å². The summed E-state index contributed by atoms with van der Waals surface area (Å²) in [4.78, 5) is 10.7. The van der Waals surface area contributed by atoms with Crippen LogP contribution in [0.2, 0.25) is 0 Å². The van der Waals surface area contributed by atoms with E-state index < -0.39 is 35.6 Å². The molecule has 0 aromatic heterocycles. The van der Waals surface area contributed by atoms with Crippen LogP contribution in [-0.4, -0.2) is 41.2 Å². The minimum Gasteiger partial charge on any atom is -0.490 e. The quantitative estimate of drug-likeness (QED) is 0.287. The number of aryl methyl sites for hydroxylation is 1. The Bertz CT molecular complexity index is 1160. The van der Waals surface area contributed by atoms with Gasteiger partial charge in [-0.3, -0.25) is 4.79 Å². The summed E-state index contributed by atoms with van der Waals surface area (Å²) in [7, 11) is 0. The topological polar surface area (TPSA) is 76.0 Å². The molecule has 3 aromatic rings. The number of alkyl halides is 6. The number of hydrogen-bond donors (Lipinski definition) is 2. The summed E-state index contributed by atoms with van der Waals surface area (Å²) in [6, 6.07) is 18.7. The van der Waals surface area contributed by atoms with E-state index in [1.54, 1.807) is 36.4 Å². The highest BCUT2D eigenvalue weighted by Crippen LogP contribution is 2.50. The summed E-state index contributed by atoms with van der Waals surface area (Å²) in [6.45, 7) is -0.0137. The van der Waals surface area contributed by atoms with E-state index in [4.69, 9.17) is 14.6 Å². The largest absolute Gasteiger partial charge is 0.490 e. The van der Waals surface area contributed by atoms with Gasteiger partial charge in [-0.25, -0.2) is 0 Å². The molecule has 0 aliphatic heterocycles. The zero-order valence-corrected chi connectivity index (χ0v) is 19.8. The summed E-state index contributed by atoms with van der Waals surface area (Å²) < 4.78 is 90.6. The Balaban J connectivity index is 1.75. The zero-order chi connectivity index (χ0) is 28.0. The van der Waals surface area contributed by atoms with Crippen LogP contribution in [0.1, 0.15) is 23.1 Å². The number of benzene rings is 3. The van der Waals surface area contributed by atoms with Crippen LogP contribution in [0, 0.1) is 0 Å². The third-order valence-electron chi connectivity index (χ3n) is 5.69. The molecule has 3 rings (SSSR count). The lowest BCUT2D eigenvalue weighted by atomic mass is 9.92. The first-order chi connectivity index (χ1) is 17.8. The van der Waals surface area contributed by atoms with E-state index in [0.717, 1.165) is 23.3 Å². The minimum absolute atomic E-state index is 0.0137. The molecule has 204 valence electrons. The predicted molar refractivity (Wildman–Crippen MR) is 125 cm³/mol. The second-order valence-electron chi connectivity index (χ2n) is 8.51. The lowest BCUT2D eigenvalue weighted by molar-refractivity contribution is -0.376. The standard InChI is InChI=1S/C27H24F6O5/c28-26(29,30)25(36,27(31,32)33)20-9-13-22(14-10-20)38-23(16-19-4-2-1-3-5-19)17-37-21-11-6-18(7-12-21)8-15-24(34)35/h1-7,9-14,23,36H,8,15-17H2,(H,34,35)/t23-/m1/s1. The van der Waals surface area contributed by atoms with Crippen LogP contribution in [-0.2, 0) is 23.2 Å². The fraction of sp³-hybridized carbons (Fsp3) is 0.296. The van der Waals surface area contributed by atoms with Gasteiger partial charge >= 0.3 is 18.3 Å². The molecule has 0 amide bonds. The molecule has 3 aromatic carbocycles. The molecule has 0 aliphatic carbocycles. The molecule has 2 N–H and O–H groups in total. The lowest BCUT2D eigenvalue weighted by Gasteiger charge is -2.32. The van der Waals surface area contributed by atoms with Gasteiger partial charge in [0.05, 0.1) is 0 Å². The molecule has 0 heterocycles. The molecule has 0 radical (unpaired) electrons. The average molecular weight is 542 g/mol. The number of ether oxygens (including phenoxy) is 2. The van der Waals surface area contributed by atoms with Crippen LogP contribution in [0.3, 0.4) is 0 Å². The van der Waals surface area contributed by atoms with Crippen molar-refractivity contribution in [3.8, 4) is 11.5 Å². The second kappa shape index (κ2) is 11.8. The Hall–Kier alpha value is -3.73. The number of hydrogen-bond acceptors (Lipinski definition) is 4. The molecule has 11 heteroatoms. The van der Waals surface area contributed by atoms with Crippen molar-refractivity contribution >= 4 is 5.97 Å². The third kappa shape index (κ3) is 7.18. The smallest absolute Gasteiger partial charge is 0.430 e. The second-order valence-corrected chi connectivity index (χ2v) is 8.51. The lowest BCUT2D eigenvalue weighted by Crippen LogP contribution is -2.53. The summed E-state index contributed by atoms with van der Waals surface area (Å²) in [5, 5.41) is 18.4. The number of aliphatic carboxylic acids is 1. The van der Waals surface area contributed by atoms with E-state index in [9.17, 15) is 36.2 Å². The Morgan fingerprint density at radius 3 is 1.84 bits per heavy atom. The van der Waals surface area contributed by atoms with E-state index in [2.05, 4.69) is 0 Å². The van der Waals surface area contributed by atoms with Crippen LogP contribution in [0.15, 0.2) is 78.9 Å². The molecule has 1 atom stereocenters. The first kappa shape index (κ1) is 28.8. The van der Waals surface area contributed by atoms with E-state index in [0.29, 0.717) is 30.7 Å². The maximum Gasteiger partial charge on any atom is 0.430 e. The van der Waals surface area contributed by atoms with Crippen molar-refractivity contribution in [2.24, 2.45) is 0 Å². The summed E-state index contributed by atoms with van der Waals surface area (Å²) in [5.41, 5.74) is -4.76. The van der Waals surface area contributed by atoms with Crippen LogP contribution in [0.4, 0.5) is 26.3 Å². The number of halogens is 6. The molecule has 0 bridgehead atoms. The monoisotopic (exact) mass is 542 g/mol. The van der Waals surface area contributed by atoms with Gasteiger partial charge < -0.3 is 19.7 Å². The molecular formula is C27H24F6O5. The Morgan fingerprint density at radius 1 is 0.763 bits per heavy atom. The number of carbonyl (C=O) groups is 1. The first-order valence-electron chi connectivity index (χ1n) is 11.4. The van der Waals surface area contributed by atoms with E-state index >= 15 is 0 Å². The number of aliphatic hydroxyl groups is 1. The van der Waals surface area contributed by atoms with E-state index in [1.165, 1.54) is 0 Å². The Kier molecular flexibility index (Phi) is 8.93. The van der Waals surface area contributed by atoms with Crippen molar-refractivity contribution < 1.29 is 50.8 Å². The molecular weight excluding hydrogens is 518 g/mol. The van der Waals surface area contributed by atoms with Gasteiger partial charge in [-0.2, -0.15) is 26.3 Å². The van der Waals surface area contributed by atoms with E-state index in [1.807, 2.05) is 18.2 Å². The van der Waals surface area contributed by atoms with Crippen molar-refractivity contribution in [3.63, 3.8) is 0 Å². The van der Waals surface area contributed by atoms with Crippen LogP contribution >= 0.6 is 0 Å². The average Bonchev–Trinajstić information content (AvgIpc) is 2.86. The minimum atomic E-state index is -5.99. The predicted octanol–water partition coefficient (Wildman–Crippen LogP) is 6.09. The molecule has 5 nitrogen and oxygen atoms in total. The van der Waals surface area contributed by atoms with Gasteiger partial charge in [0.2, 0.25) is 0 Å². The van der Waals surface area contributed by atoms with Crippen molar-refractivity contribution in [1.82, 2.24) is 0 Å². The molecule has 38 heavy (non-hydrogen) atoms. The molecule has 0 fully saturated rings. The highest BCUT2D eigenvalue weighted by Gasteiger charge is 2.71. The van der Waals surface area contributed by atoms with Gasteiger partial charge in [-0.15, -0.1) is 0 Å². The molecule has 0 unspecified atom stereocenters. The van der Waals surface area contributed by atoms with Crippen molar-refractivity contribution in [2.45, 2.75) is 43.3 Å². The van der Waals surface area contributed by atoms with Gasteiger partial charge in [0.25, 0.3) is 5.60 Å². The summed E-state index contributed by atoms with van der Waals surface area (Å²) in [5.74, 6) is -0.476. The van der Waals surface area contributed by atoms with Crippen molar-refractivity contribution in [3.05, 3.63) is 95.6 Å². The Labute approximate surface area is 214 Å². The number of rotatable bonds is 11. The highest BCUT2D eigenvalue weighted by molar-refractivity contribution is 5.67. The van der Waals surface area contributed by atoms with Crippen LogP contribution in [0.5, 0.6) is 11.5 Å². The zero-order valence-electron chi connectivity index (χ0n) is 19.8. The highest BCUT2D eigenvalue weighted by atomic mass is 19.4. The molecule has 0 aliphatic rings. The van der Waals surface area contributed by atoms with Crippen LogP contribution in [0.25, 0.3) is 0 Å². The first-order valence-corrected chi connectivity index (χ1v) is 11.4. The fourth-order valence-electron chi connectivity index (χ4n) is 3.66. The SMILES string of the molecule is O=C(O)CCc1ccc(OC[C@@H](Cc2ccccc2)Oc2ccc(C(O)(C(F)(F)F)C(F)(F)F)cc2)cc1.